The molecule has 1 aliphatic heterocycles. The first-order valence-electron chi connectivity index (χ1n) is 10.9. The standard InChI is InChI=1S/C24H21Cl2N7S2/c1-15-30-31-23(34-15)33-24(16-7-3-2-4-8-16,17(11-12-27)20-18(25)9-5-13-28-20)35-22(32-33)21-19(26)10-6-14-29-21/h2-10,13-14,17H,11-12,27H2,1H3. The summed E-state index contributed by atoms with van der Waals surface area (Å²) in [7, 11) is 0. The van der Waals surface area contributed by atoms with Crippen molar-refractivity contribution in [3.05, 3.63) is 99.0 Å². The second-order valence-electron chi connectivity index (χ2n) is 7.82. The van der Waals surface area contributed by atoms with E-state index in [0.717, 1.165) is 16.3 Å². The Bertz CT molecular complexity index is 1360. The van der Waals surface area contributed by atoms with E-state index in [1.54, 1.807) is 30.2 Å². The van der Waals surface area contributed by atoms with E-state index in [1.165, 1.54) is 11.3 Å². The van der Waals surface area contributed by atoms with Gasteiger partial charge in [-0.25, -0.2) is 5.01 Å². The normalized spacial score (nSPS) is 18.5. The Hall–Kier alpha value is -2.56. The van der Waals surface area contributed by atoms with Gasteiger partial charge in [-0.1, -0.05) is 76.6 Å². The molecule has 0 saturated heterocycles. The van der Waals surface area contributed by atoms with Gasteiger partial charge >= 0.3 is 0 Å². The van der Waals surface area contributed by atoms with Crippen LogP contribution in [0.15, 0.2) is 72.1 Å². The summed E-state index contributed by atoms with van der Waals surface area (Å²) in [6.45, 7) is 2.34. The van der Waals surface area contributed by atoms with Crippen LogP contribution < -0.4 is 10.7 Å². The van der Waals surface area contributed by atoms with Gasteiger partial charge in [0.05, 0.1) is 15.7 Å². The molecule has 0 bridgehead atoms. The van der Waals surface area contributed by atoms with Crippen LogP contribution in [-0.2, 0) is 4.87 Å². The summed E-state index contributed by atoms with van der Waals surface area (Å²) in [5.74, 6) is -0.249. The van der Waals surface area contributed by atoms with Gasteiger partial charge in [-0.15, -0.1) is 10.2 Å². The number of rotatable bonds is 7. The number of nitrogens with zero attached hydrogens (tertiary/aromatic N) is 6. The lowest BCUT2D eigenvalue weighted by molar-refractivity contribution is 0.443. The van der Waals surface area contributed by atoms with Gasteiger partial charge in [0.2, 0.25) is 5.13 Å². The van der Waals surface area contributed by atoms with Gasteiger partial charge in [-0.05, 0) is 49.7 Å². The molecule has 3 aromatic heterocycles. The van der Waals surface area contributed by atoms with E-state index in [4.69, 9.17) is 39.0 Å². The Morgan fingerprint density at radius 3 is 2.37 bits per heavy atom. The van der Waals surface area contributed by atoms with Crippen molar-refractivity contribution in [2.45, 2.75) is 24.1 Å². The number of benzene rings is 1. The number of hydrogen-bond donors (Lipinski definition) is 1. The van der Waals surface area contributed by atoms with Crippen molar-refractivity contribution >= 4 is 56.5 Å². The highest BCUT2D eigenvalue weighted by molar-refractivity contribution is 8.15. The maximum absolute atomic E-state index is 6.73. The number of hydrazone groups is 1. The molecule has 7 nitrogen and oxygen atoms in total. The molecule has 4 aromatic rings. The molecular weight excluding hydrogens is 521 g/mol. The number of pyridine rings is 2. The van der Waals surface area contributed by atoms with Gasteiger partial charge in [0.25, 0.3) is 0 Å². The highest BCUT2D eigenvalue weighted by Crippen LogP contribution is 2.58. The molecule has 0 spiro atoms. The molecule has 0 aliphatic carbocycles. The minimum Gasteiger partial charge on any atom is -0.330 e. The van der Waals surface area contributed by atoms with Crippen LogP contribution >= 0.6 is 46.3 Å². The van der Waals surface area contributed by atoms with Crippen LogP contribution in [-0.4, -0.2) is 31.8 Å². The fourth-order valence-electron chi connectivity index (χ4n) is 4.19. The molecule has 5 rings (SSSR count). The molecule has 2 N–H and O–H groups in total. The molecule has 1 aromatic carbocycles. The van der Waals surface area contributed by atoms with Crippen LogP contribution in [0.1, 0.15) is 34.3 Å². The fraction of sp³-hybridized carbons (Fsp3) is 0.208. The zero-order chi connectivity index (χ0) is 24.4. The SMILES string of the molecule is Cc1nnc(N2N=C(c3ncccc3Cl)SC2(c2ccccc2)C(CCN)c2ncccc2Cl)s1. The second kappa shape index (κ2) is 10.2. The predicted octanol–water partition coefficient (Wildman–Crippen LogP) is 5.84. The van der Waals surface area contributed by atoms with Gasteiger partial charge in [0.15, 0.2) is 4.87 Å². The number of halogens is 2. The number of thioether (sulfide) groups is 1. The monoisotopic (exact) mass is 541 g/mol. The Labute approximate surface area is 221 Å². The van der Waals surface area contributed by atoms with Gasteiger partial charge in [-0.2, -0.15) is 5.10 Å². The lowest BCUT2D eigenvalue weighted by Gasteiger charge is -2.41. The molecule has 4 heterocycles. The first-order valence-corrected chi connectivity index (χ1v) is 13.3. The minimum absolute atomic E-state index is 0.249. The van der Waals surface area contributed by atoms with Crippen LogP contribution in [0.4, 0.5) is 5.13 Å². The van der Waals surface area contributed by atoms with Crippen LogP contribution in [0.2, 0.25) is 10.0 Å². The maximum Gasteiger partial charge on any atom is 0.230 e. The van der Waals surface area contributed by atoms with E-state index in [1.807, 2.05) is 48.3 Å². The average Bonchev–Trinajstić information content (AvgIpc) is 3.48. The van der Waals surface area contributed by atoms with Crippen molar-refractivity contribution < 1.29 is 0 Å². The number of hydrogen-bond acceptors (Lipinski definition) is 9. The number of anilines is 1. The van der Waals surface area contributed by atoms with Crippen LogP contribution in [0.25, 0.3) is 0 Å². The molecule has 11 heteroatoms. The lowest BCUT2D eigenvalue weighted by Crippen LogP contribution is -2.44. The summed E-state index contributed by atoms with van der Waals surface area (Å²) in [5.41, 5.74) is 8.53. The predicted molar refractivity (Wildman–Crippen MR) is 144 cm³/mol. The molecular formula is C24H21Cl2N7S2. The van der Waals surface area contributed by atoms with Crippen molar-refractivity contribution in [1.29, 1.82) is 0 Å². The van der Waals surface area contributed by atoms with Crippen molar-refractivity contribution in [2.24, 2.45) is 10.8 Å². The first-order chi connectivity index (χ1) is 17.0. The van der Waals surface area contributed by atoms with Gasteiger partial charge in [0.1, 0.15) is 15.7 Å². The van der Waals surface area contributed by atoms with Crippen molar-refractivity contribution in [3.8, 4) is 0 Å². The molecule has 0 radical (unpaired) electrons. The third kappa shape index (κ3) is 4.43. The largest absolute Gasteiger partial charge is 0.330 e. The molecule has 0 amide bonds. The zero-order valence-electron chi connectivity index (χ0n) is 18.7. The molecule has 2 atom stereocenters. The lowest BCUT2D eigenvalue weighted by atomic mass is 9.86. The Morgan fingerprint density at radius 1 is 0.971 bits per heavy atom. The Kier molecular flexibility index (Phi) is 7.04. The van der Waals surface area contributed by atoms with E-state index in [0.29, 0.717) is 38.9 Å². The first kappa shape index (κ1) is 24.1. The molecule has 1 aliphatic rings. The summed E-state index contributed by atoms with van der Waals surface area (Å²) in [5, 5.41) is 18.9. The molecule has 0 fully saturated rings. The summed E-state index contributed by atoms with van der Waals surface area (Å²) >= 11 is 16.3. The molecule has 2 unspecified atom stereocenters. The van der Waals surface area contributed by atoms with Crippen LogP contribution in [0.5, 0.6) is 0 Å². The molecule has 178 valence electrons. The highest BCUT2D eigenvalue weighted by atomic mass is 35.5. The third-order valence-electron chi connectivity index (χ3n) is 5.65. The second-order valence-corrected chi connectivity index (χ2v) is 11.0. The van der Waals surface area contributed by atoms with E-state index in [2.05, 4.69) is 27.3 Å². The van der Waals surface area contributed by atoms with E-state index in [-0.39, 0.29) is 5.92 Å². The minimum atomic E-state index is -0.819. The fourth-order valence-corrected chi connectivity index (χ4v) is 6.98. The quantitative estimate of drug-likeness (QED) is 0.313. The summed E-state index contributed by atoms with van der Waals surface area (Å²) in [6, 6.07) is 17.4. The maximum atomic E-state index is 6.73. The van der Waals surface area contributed by atoms with Crippen LogP contribution in [0.3, 0.4) is 0 Å². The third-order valence-corrected chi connectivity index (χ3v) is 8.56. The zero-order valence-corrected chi connectivity index (χ0v) is 21.8. The number of aromatic nitrogens is 4. The molecule has 0 saturated carbocycles. The summed E-state index contributed by atoms with van der Waals surface area (Å²) in [4.78, 5) is 8.43. The smallest absolute Gasteiger partial charge is 0.230 e. The number of aryl methyl sites for hydroxylation is 1. The average molecular weight is 543 g/mol. The summed E-state index contributed by atoms with van der Waals surface area (Å²) < 4.78 is 0. The molecule has 35 heavy (non-hydrogen) atoms. The number of nitrogens with two attached hydrogens (primary N) is 1. The highest BCUT2D eigenvalue weighted by Gasteiger charge is 2.54. The van der Waals surface area contributed by atoms with Crippen LogP contribution in [0, 0.1) is 6.92 Å². The van der Waals surface area contributed by atoms with E-state index < -0.39 is 4.87 Å². The van der Waals surface area contributed by atoms with Crippen molar-refractivity contribution in [2.75, 3.05) is 11.6 Å². The van der Waals surface area contributed by atoms with Gasteiger partial charge < -0.3 is 5.73 Å². The Balaban J connectivity index is 1.79. The van der Waals surface area contributed by atoms with Gasteiger partial charge in [0, 0.05) is 18.3 Å². The van der Waals surface area contributed by atoms with E-state index in [9.17, 15) is 0 Å². The summed E-state index contributed by atoms with van der Waals surface area (Å²) in [6.07, 6.45) is 4.06. The van der Waals surface area contributed by atoms with Crippen molar-refractivity contribution in [1.82, 2.24) is 20.2 Å². The topological polar surface area (TPSA) is 93.2 Å². The van der Waals surface area contributed by atoms with E-state index >= 15 is 0 Å². The van der Waals surface area contributed by atoms with Crippen molar-refractivity contribution in [3.63, 3.8) is 0 Å². The van der Waals surface area contributed by atoms with Gasteiger partial charge in [-0.3, -0.25) is 9.97 Å². The Morgan fingerprint density at radius 2 is 1.71 bits per heavy atom.